The third-order valence-electron chi connectivity index (χ3n) is 6.20. The van der Waals surface area contributed by atoms with E-state index >= 15 is 0 Å². The molecule has 2 aliphatic carbocycles. The van der Waals surface area contributed by atoms with Gasteiger partial charge in [-0.25, -0.2) is 9.07 Å². The second-order valence-corrected chi connectivity index (χ2v) is 8.96. The number of nitrogen functional groups attached to an aromatic ring is 1. The van der Waals surface area contributed by atoms with Crippen molar-refractivity contribution >= 4 is 17.7 Å². The van der Waals surface area contributed by atoms with Gasteiger partial charge >= 0.3 is 0 Å². The first-order valence-electron chi connectivity index (χ1n) is 9.86. The fourth-order valence-electron chi connectivity index (χ4n) is 4.78. The van der Waals surface area contributed by atoms with Crippen molar-refractivity contribution in [2.45, 2.75) is 50.2 Å². The van der Waals surface area contributed by atoms with Gasteiger partial charge in [-0.05, 0) is 55.6 Å². The van der Waals surface area contributed by atoms with Gasteiger partial charge in [0.15, 0.2) is 5.82 Å². The molecule has 2 aliphatic rings. The maximum absolute atomic E-state index is 13.8. The van der Waals surface area contributed by atoms with Crippen LogP contribution in [0.4, 0.5) is 4.39 Å². The molecule has 1 aromatic heterocycles. The molecule has 3 N–H and O–H groups in total. The normalized spacial score (nSPS) is 24.4. The van der Waals surface area contributed by atoms with Gasteiger partial charge in [-0.3, -0.25) is 4.79 Å². The molecule has 150 valence electrons. The van der Waals surface area contributed by atoms with E-state index in [2.05, 4.69) is 22.4 Å². The second-order valence-electron chi connectivity index (χ2n) is 8.02. The van der Waals surface area contributed by atoms with Gasteiger partial charge in [0, 0.05) is 12.5 Å². The summed E-state index contributed by atoms with van der Waals surface area (Å²) in [4.78, 5) is 12.4. The smallest absolute Gasteiger partial charge is 0.230 e. The number of benzene rings is 1. The summed E-state index contributed by atoms with van der Waals surface area (Å²) in [6.45, 7) is 2.12. The molecule has 8 heteroatoms. The van der Waals surface area contributed by atoms with Crippen molar-refractivity contribution < 1.29 is 9.18 Å². The molecule has 4 atom stereocenters. The lowest BCUT2D eigenvalue weighted by atomic mass is 9.84. The van der Waals surface area contributed by atoms with Crippen LogP contribution in [0, 0.1) is 23.6 Å². The van der Waals surface area contributed by atoms with Gasteiger partial charge in [0.05, 0.1) is 5.75 Å². The summed E-state index contributed by atoms with van der Waals surface area (Å²) >= 11 is 1.25. The number of fused-ring (bicyclic) bond motifs is 2. The van der Waals surface area contributed by atoms with Crippen LogP contribution in [0.3, 0.4) is 0 Å². The summed E-state index contributed by atoms with van der Waals surface area (Å²) < 4.78 is 15.2. The number of carbonyl (C=O) groups excluding carboxylic acids is 1. The molecule has 2 aromatic rings. The number of nitrogens with one attached hydrogen (secondary N) is 1. The molecule has 2 saturated carbocycles. The van der Waals surface area contributed by atoms with E-state index in [9.17, 15) is 9.18 Å². The highest BCUT2D eigenvalue weighted by atomic mass is 32.2. The van der Waals surface area contributed by atoms with Crippen molar-refractivity contribution in [1.29, 1.82) is 0 Å². The van der Waals surface area contributed by atoms with E-state index < -0.39 is 0 Å². The van der Waals surface area contributed by atoms with Crippen LogP contribution < -0.4 is 11.2 Å². The molecule has 1 heterocycles. The van der Waals surface area contributed by atoms with Crippen molar-refractivity contribution in [1.82, 2.24) is 20.2 Å². The highest BCUT2D eigenvalue weighted by Crippen LogP contribution is 2.49. The summed E-state index contributed by atoms with van der Waals surface area (Å²) in [5, 5.41) is 11.7. The number of nitrogens with two attached hydrogens (primary N) is 1. The molecular weight excluding hydrogens is 377 g/mol. The minimum Gasteiger partial charge on any atom is -0.353 e. The third-order valence-corrected chi connectivity index (χ3v) is 7.14. The average molecular weight is 404 g/mol. The Morgan fingerprint density at radius 2 is 2.18 bits per heavy atom. The summed E-state index contributed by atoms with van der Waals surface area (Å²) in [6, 6.07) is 6.72. The summed E-state index contributed by atoms with van der Waals surface area (Å²) in [5.41, 5.74) is 0.510. The second kappa shape index (κ2) is 8.11. The standard InChI is InChI=1S/C20H26FN5OS/c1-12(16-9-13-6-7-14(16)8-13)23-19(27)11-28-20-25-24-18(26(20)22)10-15-4-2-3-5-17(15)21/h2-5,12-14,16H,6-11,22H2,1H3,(H,23,27)/t12-,13-,14-,16+/m0/s1. The lowest BCUT2D eigenvalue weighted by Gasteiger charge is -2.28. The van der Waals surface area contributed by atoms with E-state index in [-0.39, 0.29) is 29.9 Å². The van der Waals surface area contributed by atoms with E-state index in [1.54, 1.807) is 18.2 Å². The number of amides is 1. The van der Waals surface area contributed by atoms with E-state index in [4.69, 9.17) is 5.84 Å². The van der Waals surface area contributed by atoms with Gasteiger partial charge in [0.2, 0.25) is 11.1 Å². The molecule has 2 bridgehead atoms. The molecule has 6 nitrogen and oxygen atoms in total. The lowest BCUT2D eigenvalue weighted by Crippen LogP contribution is -2.41. The van der Waals surface area contributed by atoms with Crippen molar-refractivity contribution in [3.8, 4) is 0 Å². The highest BCUT2D eigenvalue weighted by molar-refractivity contribution is 7.99. The van der Waals surface area contributed by atoms with Crippen LogP contribution in [-0.2, 0) is 11.2 Å². The van der Waals surface area contributed by atoms with E-state index in [0.717, 1.165) is 11.8 Å². The molecule has 2 fully saturated rings. The molecule has 0 radical (unpaired) electrons. The first kappa shape index (κ1) is 19.2. The molecule has 4 rings (SSSR count). The molecule has 28 heavy (non-hydrogen) atoms. The van der Waals surface area contributed by atoms with Gasteiger partial charge < -0.3 is 11.2 Å². The minimum atomic E-state index is -0.298. The highest BCUT2D eigenvalue weighted by Gasteiger charge is 2.42. The Morgan fingerprint density at radius 3 is 2.89 bits per heavy atom. The average Bonchev–Trinajstić information content (AvgIpc) is 3.39. The van der Waals surface area contributed by atoms with Gasteiger partial charge in [0.25, 0.3) is 0 Å². The number of rotatable bonds is 7. The number of nitrogens with zero attached hydrogens (tertiary/aromatic N) is 3. The fourth-order valence-corrected chi connectivity index (χ4v) is 5.46. The molecular formula is C20H26FN5OS. The molecule has 0 spiro atoms. The Morgan fingerprint density at radius 1 is 1.36 bits per heavy atom. The summed E-state index contributed by atoms with van der Waals surface area (Å²) in [6.07, 6.45) is 5.51. The zero-order valence-corrected chi connectivity index (χ0v) is 16.8. The maximum atomic E-state index is 13.8. The Hall–Kier alpha value is -2.09. The van der Waals surface area contributed by atoms with E-state index in [1.807, 2.05) is 0 Å². The monoisotopic (exact) mass is 403 g/mol. The van der Waals surface area contributed by atoms with E-state index in [0.29, 0.717) is 22.5 Å². The van der Waals surface area contributed by atoms with Crippen molar-refractivity contribution in [3.63, 3.8) is 0 Å². The predicted molar refractivity (Wildman–Crippen MR) is 107 cm³/mol. The summed E-state index contributed by atoms with van der Waals surface area (Å²) in [5.74, 6) is 8.69. The Kier molecular flexibility index (Phi) is 5.57. The quantitative estimate of drug-likeness (QED) is 0.548. The number of hydrogen-bond acceptors (Lipinski definition) is 5. The SMILES string of the molecule is C[C@H](NC(=O)CSc1nnc(Cc2ccccc2F)n1N)[C@H]1C[C@H]2CC[C@H]1C2. The van der Waals surface area contributed by atoms with Crippen LogP contribution in [0.15, 0.2) is 29.4 Å². The Bertz CT molecular complexity index is 857. The number of aromatic nitrogens is 3. The molecule has 1 aromatic carbocycles. The van der Waals surface area contributed by atoms with Crippen LogP contribution in [-0.4, -0.2) is 32.6 Å². The van der Waals surface area contributed by atoms with Gasteiger partial charge in [-0.1, -0.05) is 36.4 Å². The van der Waals surface area contributed by atoms with Crippen LogP contribution in [0.2, 0.25) is 0 Å². The van der Waals surface area contributed by atoms with Gasteiger partial charge in [0.1, 0.15) is 5.82 Å². The number of carbonyl (C=O) groups is 1. The Labute approximate surface area is 168 Å². The third kappa shape index (κ3) is 4.01. The topological polar surface area (TPSA) is 85.8 Å². The molecule has 1 amide bonds. The maximum Gasteiger partial charge on any atom is 0.230 e. The van der Waals surface area contributed by atoms with Crippen LogP contribution in [0.25, 0.3) is 0 Å². The number of halogens is 1. The largest absolute Gasteiger partial charge is 0.353 e. The summed E-state index contributed by atoms with van der Waals surface area (Å²) in [7, 11) is 0. The zero-order chi connectivity index (χ0) is 19.7. The van der Waals surface area contributed by atoms with Gasteiger partial charge in [-0.2, -0.15) is 0 Å². The molecule has 0 saturated heterocycles. The molecule has 0 unspecified atom stereocenters. The van der Waals surface area contributed by atoms with Crippen LogP contribution >= 0.6 is 11.8 Å². The van der Waals surface area contributed by atoms with Crippen molar-refractivity contribution in [2.24, 2.45) is 17.8 Å². The van der Waals surface area contributed by atoms with Crippen LogP contribution in [0.1, 0.15) is 44.0 Å². The lowest BCUT2D eigenvalue weighted by molar-refractivity contribution is -0.119. The van der Waals surface area contributed by atoms with Crippen molar-refractivity contribution in [2.75, 3.05) is 11.6 Å². The zero-order valence-electron chi connectivity index (χ0n) is 16.0. The van der Waals surface area contributed by atoms with Crippen LogP contribution in [0.5, 0.6) is 0 Å². The Balaban J connectivity index is 1.29. The van der Waals surface area contributed by atoms with E-state index in [1.165, 1.54) is 48.2 Å². The first-order valence-corrected chi connectivity index (χ1v) is 10.8. The molecule has 0 aliphatic heterocycles. The first-order chi connectivity index (χ1) is 13.5. The minimum absolute atomic E-state index is 0.0149. The number of thioether (sulfide) groups is 1. The fraction of sp³-hybridized carbons (Fsp3) is 0.550. The number of hydrogen-bond donors (Lipinski definition) is 2. The predicted octanol–water partition coefficient (Wildman–Crippen LogP) is 2.75. The van der Waals surface area contributed by atoms with Crippen molar-refractivity contribution in [3.05, 3.63) is 41.5 Å². The van der Waals surface area contributed by atoms with Gasteiger partial charge in [-0.15, -0.1) is 10.2 Å².